The zero-order chi connectivity index (χ0) is 24.4. The molecule has 34 heavy (non-hydrogen) atoms. The summed E-state index contributed by atoms with van der Waals surface area (Å²) in [6, 6.07) is 9.56. The smallest absolute Gasteiger partial charge is 0.295 e. The fourth-order valence-corrected chi connectivity index (χ4v) is 4.17. The van der Waals surface area contributed by atoms with Crippen molar-refractivity contribution in [3.8, 4) is 11.5 Å². The predicted octanol–water partition coefficient (Wildman–Crippen LogP) is 2.74. The largest absolute Gasteiger partial charge is 0.507 e. The maximum Gasteiger partial charge on any atom is 0.295 e. The Morgan fingerprint density at radius 3 is 2.59 bits per heavy atom. The summed E-state index contributed by atoms with van der Waals surface area (Å²) in [5, 5.41) is 22.6. The average Bonchev–Trinajstić information content (AvgIpc) is 3.08. The van der Waals surface area contributed by atoms with Gasteiger partial charge in [0.15, 0.2) is 11.5 Å². The van der Waals surface area contributed by atoms with E-state index in [1.807, 2.05) is 19.0 Å². The second-order valence-electron chi connectivity index (χ2n) is 8.36. The molecule has 10 nitrogen and oxygen atoms in total. The molecular formula is C24H25N3O7. The highest BCUT2D eigenvalue weighted by atomic mass is 16.6. The van der Waals surface area contributed by atoms with Crippen molar-refractivity contribution in [3.63, 3.8) is 0 Å². The van der Waals surface area contributed by atoms with Gasteiger partial charge in [-0.1, -0.05) is 12.1 Å². The molecule has 0 saturated carbocycles. The van der Waals surface area contributed by atoms with Crippen molar-refractivity contribution in [3.05, 3.63) is 69.3 Å². The monoisotopic (exact) mass is 467 g/mol. The number of ether oxygens (including phenoxy) is 2. The Balaban J connectivity index is 1.81. The van der Waals surface area contributed by atoms with Crippen LogP contribution in [0.25, 0.3) is 5.76 Å². The van der Waals surface area contributed by atoms with Crippen LogP contribution in [0.2, 0.25) is 0 Å². The highest BCUT2D eigenvalue weighted by Crippen LogP contribution is 2.41. The first-order valence-corrected chi connectivity index (χ1v) is 10.9. The third-order valence-electron chi connectivity index (χ3n) is 5.76. The van der Waals surface area contributed by atoms with Gasteiger partial charge in [0.2, 0.25) is 0 Å². The molecule has 0 unspecified atom stereocenters. The molecule has 2 aliphatic rings. The highest BCUT2D eigenvalue weighted by Gasteiger charge is 2.46. The summed E-state index contributed by atoms with van der Waals surface area (Å²) in [7, 11) is 3.79. The van der Waals surface area contributed by atoms with Gasteiger partial charge in [0.25, 0.3) is 17.4 Å². The molecule has 2 aromatic rings. The number of aliphatic hydroxyl groups is 1. The molecule has 4 rings (SSSR count). The van der Waals surface area contributed by atoms with Crippen LogP contribution in [0, 0.1) is 10.1 Å². The second-order valence-corrected chi connectivity index (χ2v) is 8.36. The molecule has 2 aliphatic heterocycles. The molecule has 1 atom stereocenters. The number of nitro groups is 1. The average molecular weight is 467 g/mol. The molecule has 0 spiro atoms. The fourth-order valence-electron chi connectivity index (χ4n) is 4.17. The van der Waals surface area contributed by atoms with Crippen LogP contribution >= 0.6 is 0 Å². The van der Waals surface area contributed by atoms with E-state index in [4.69, 9.17) is 9.47 Å². The van der Waals surface area contributed by atoms with Crippen molar-refractivity contribution in [2.75, 3.05) is 40.4 Å². The quantitative estimate of drug-likeness (QED) is 0.217. The molecule has 0 aromatic heterocycles. The minimum Gasteiger partial charge on any atom is -0.507 e. The van der Waals surface area contributed by atoms with Gasteiger partial charge in [0.1, 0.15) is 19.0 Å². The van der Waals surface area contributed by atoms with Gasteiger partial charge < -0.3 is 24.4 Å². The molecule has 1 N–H and O–H groups in total. The molecule has 0 aliphatic carbocycles. The van der Waals surface area contributed by atoms with Gasteiger partial charge in [-0.3, -0.25) is 19.7 Å². The van der Waals surface area contributed by atoms with Crippen LogP contribution in [0.4, 0.5) is 5.69 Å². The maximum absolute atomic E-state index is 13.1. The first-order chi connectivity index (χ1) is 16.3. The molecule has 10 heteroatoms. The van der Waals surface area contributed by atoms with Gasteiger partial charge in [0.05, 0.1) is 16.5 Å². The standard InChI is InChI=1S/C24H25N3O7/c1-25(2)9-4-10-26-21(15-5-3-6-17(13-15)27(31)32)20(23(29)24(26)30)22(28)16-7-8-18-19(14-16)34-12-11-33-18/h3,5-8,13-14,21,28H,4,9-12H2,1-2H3/b22-20+/t21-/m0/s1. The lowest BCUT2D eigenvalue weighted by molar-refractivity contribution is -0.384. The number of nitrogens with zero attached hydrogens (tertiary/aromatic N) is 3. The molecule has 1 amide bonds. The van der Waals surface area contributed by atoms with Crippen LogP contribution in [-0.4, -0.2) is 71.9 Å². The van der Waals surface area contributed by atoms with Crippen LogP contribution in [0.5, 0.6) is 11.5 Å². The van der Waals surface area contributed by atoms with Crippen molar-refractivity contribution in [1.82, 2.24) is 9.80 Å². The number of Topliss-reactive ketones (excluding diaryl/α,β-unsaturated/α-hetero) is 1. The molecule has 2 aromatic carbocycles. The lowest BCUT2D eigenvalue weighted by Crippen LogP contribution is -2.32. The van der Waals surface area contributed by atoms with Crippen LogP contribution < -0.4 is 9.47 Å². The predicted molar refractivity (Wildman–Crippen MR) is 123 cm³/mol. The second kappa shape index (κ2) is 9.52. The van der Waals surface area contributed by atoms with Crippen LogP contribution in [0.3, 0.4) is 0 Å². The van der Waals surface area contributed by atoms with Crippen molar-refractivity contribution in [2.45, 2.75) is 12.5 Å². The van der Waals surface area contributed by atoms with Crippen molar-refractivity contribution in [2.24, 2.45) is 0 Å². The van der Waals surface area contributed by atoms with Crippen LogP contribution in [0.1, 0.15) is 23.6 Å². The van der Waals surface area contributed by atoms with Gasteiger partial charge in [0, 0.05) is 24.2 Å². The number of nitro benzene ring substituents is 1. The summed E-state index contributed by atoms with van der Waals surface area (Å²) in [4.78, 5) is 40.3. The molecule has 178 valence electrons. The summed E-state index contributed by atoms with van der Waals surface area (Å²) >= 11 is 0. The summed E-state index contributed by atoms with van der Waals surface area (Å²) < 4.78 is 11.1. The first kappa shape index (κ1) is 23.2. The van der Waals surface area contributed by atoms with E-state index in [9.17, 15) is 24.8 Å². The van der Waals surface area contributed by atoms with E-state index >= 15 is 0 Å². The summed E-state index contributed by atoms with van der Waals surface area (Å²) in [5.41, 5.74) is 0.367. The number of hydrogen-bond donors (Lipinski definition) is 1. The van der Waals surface area contributed by atoms with E-state index in [1.165, 1.54) is 23.1 Å². The van der Waals surface area contributed by atoms with E-state index in [0.717, 1.165) is 0 Å². The van der Waals surface area contributed by atoms with Gasteiger partial charge in [-0.05, 0) is 50.8 Å². The number of likely N-dealkylation sites (tertiary alicyclic amines) is 1. The zero-order valence-corrected chi connectivity index (χ0v) is 18.9. The topological polar surface area (TPSA) is 122 Å². The minimum atomic E-state index is -0.963. The number of carbonyl (C=O) groups excluding carboxylic acids is 2. The first-order valence-electron chi connectivity index (χ1n) is 10.9. The number of amides is 1. The lowest BCUT2D eigenvalue weighted by atomic mass is 9.94. The molecule has 2 heterocycles. The third kappa shape index (κ3) is 4.44. The van der Waals surface area contributed by atoms with E-state index in [2.05, 4.69) is 0 Å². The Morgan fingerprint density at radius 2 is 1.88 bits per heavy atom. The Morgan fingerprint density at radius 1 is 1.15 bits per heavy atom. The van der Waals surface area contributed by atoms with Crippen LogP contribution in [-0.2, 0) is 9.59 Å². The normalized spacial score (nSPS) is 19.0. The Kier molecular flexibility index (Phi) is 6.51. The van der Waals surface area contributed by atoms with Crippen LogP contribution in [0.15, 0.2) is 48.0 Å². The van der Waals surface area contributed by atoms with Gasteiger partial charge >= 0.3 is 0 Å². The summed E-state index contributed by atoms with van der Waals surface area (Å²) in [5.74, 6) is -1.03. The van der Waals surface area contributed by atoms with E-state index in [1.54, 1.807) is 24.3 Å². The number of aliphatic hydroxyl groups excluding tert-OH is 1. The number of benzene rings is 2. The number of carbonyl (C=O) groups is 2. The Hall–Kier alpha value is -3.92. The number of hydrogen-bond acceptors (Lipinski definition) is 8. The molecule has 0 bridgehead atoms. The fraction of sp³-hybridized carbons (Fsp3) is 0.333. The zero-order valence-electron chi connectivity index (χ0n) is 18.9. The Labute approximate surface area is 196 Å². The molecule has 1 fully saturated rings. The molecule has 0 radical (unpaired) electrons. The number of ketones is 1. The summed E-state index contributed by atoms with van der Waals surface area (Å²) in [6.07, 6.45) is 0.579. The third-order valence-corrected chi connectivity index (χ3v) is 5.76. The van der Waals surface area contributed by atoms with Crippen molar-refractivity contribution in [1.29, 1.82) is 0 Å². The van der Waals surface area contributed by atoms with Crippen molar-refractivity contribution < 1.29 is 29.1 Å². The van der Waals surface area contributed by atoms with E-state index in [-0.39, 0.29) is 29.1 Å². The minimum absolute atomic E-state index is 0.118. The molecular weight excluding hydrogens is 442 g/mol. The molecule has 1 saturated heterocycles. The van der Waals surface area contributed by atoms with Gasteiger partial charge in [-0.15, -0.1) is 0 Å². The van der Waals surface area contributed by atoms with E-state index in [0.29, 0.717) is 43.2 Å². The van der Waals surface area contributed by atoms with Gasteiger partial charge in [-0.2, -0.15) is 0 Å². The number of rotatable bonds is 7. The van der Waals surface area contributed by atoms with E-state index < -0.39 is 22.7 Å². The SMILES string of the molecule is CN(C)CCCN1C(=O)C(=O)/C(=C(/O)c2ccc3c(c2)OCCO3)[C@@H]1c1cccc([N+](=O)[O-])c1. The number of non-ortho nitro benzene ring substituents is 1. The van der Waals surface area contributed by atoms with Crippen molar-refractivity contribution >= 4 is 23.1 Å². The lowest BCUT2D eigenvalue weighted by Gasteiger charge is -2.26. The van der Waals surface area contributed by atoms with Gasteiger partial charge in [-0.25, -0.2) is 0 Å². The number of fused-ring (bicyclic) bond motifs is 1. The summed E-state index contributed by atoms with van der Waals surface area (Å²) in [6.45, 7) is 1.67. The highest BCUT2D eigenvalue weighted by molar-refractivity contribution is 6.46. The maximum atomic E-state index is 13.1. The Bertz CT molecular complexity index is 1170.